The van der Waals surface area contributed by atoms with Gasteiger partial charge in [-0.15, -0.1) is 0 Å². The van der Waals surface area contributed by atoms with Gasteiger partial charge < -0.3 is 15.4 Å². The third kappa shape index (κ3) is 4.04. The van der Waals surface area contributed by atoms with Gasteiger partial charge in [-0.1, -0.05) is 0 Å². The van der Waals surface area contributed by atoms with Crippen LogP contribution in [-0.2, 0) is 4.74 Å². The van der Waals surface area contributed by atoms with Crippen LogP contribution in [0.15, 0.2) is 18.2 Å². The van der Waals surface area contributed by atoms with E-state index in [9.17, 15) is 4.79 Å². The van der Waals surface area contributed by atoms with E-state index >= 15 is 0 Å². The monoisotopic (exact) mass is 250 g/mol. The van der Waals surface area contributed by atoms with Crippen molar-refractivity contribution in [2.75, 3.05) is 25.9 Å². The Labute approximate surface area is 109 Å². The third-order valence-corrected chi connectivity index (χ3v) is 2.74. The zero-order valence-corrected chi connectivity index (χ0v) is 11.6. The SMILES string of the molecule is Cc1cc(C(=O)N(C)CCOC(C)C)ccc1N. The summed E-state index contributed by atoms with van der Waals surface area (Å²) in [4.78, 5) is 13.8. The van der Waals surface area contributed by atoms with Crippen molar-refractivity contribution in [1.29, 1.82) is 0 Å². The maximum Gasteiger partial charge on any atom is 0.253 e. The number of hydrogen-bond donors (Lipinski definition) is 1. The molecule has 0 atom stereocenters. The molecule has 0 aromatic heterocycles. The number of carbonyl (C=O) groups excluding carboxylic acids is 1. The third-order valence-electron chi connectivity index (χ3n) is 2.74. The first kappa shape index (κ1) is 14.5. The summed E-state index contributed by atoms with van der Waals surface area (Å²) < 4.78 is 5.43. The van der Waals surface area contributed by atoms with Crippen molar-refractivity contribution in [3.05, 3.63) is 29.3 Å². The first-order valence-corrected chi connectivity index (χ1v) is 6.15. The lowest BCUT2D eigenvalue weighted by Crippen LogP contribution is -2.30. The van der Waals surface area contributed by atoms with Crippen LogP contribution in [0.1, 0.15) is 29.8 Å². The molecule has 0 aliphatic heterocycles. The molecule has 2 N–H and O–H groups in total. The fourth-order valence-electron chi connectivity index (χ4n) is 1.56. The number of carbonyl (C=O) groups is 1. The number of amides is 1. The minimum Gasteiger partial charge on any atom is -0.399 e. The van der Waals surface area contributed by atoms with Crippen molar-refractivity contribution in [2.24, 2.45) is 0 Å². The van der Waals surface area contributed by atoms with E-state index in [4.69, 9.17) is 10.5 Å². The zero-order valence-electron chi connectivity index (χ0n) is 11.6. The smallest absolute Gasteiger partial charge is 0.253 e. The summed E-state index contributed by atoms with van der Waals surface area (Å²) >= 11 is 0. The highest BCUT2D eigenvalue weighted by atomic mass is 16.5. The molecule has 0 spiro atoms. The van der Waals surface area contributed by atoms with E-state index in [1.807, 2.05) is 26.8 Å². The summed E-state index contributed by atoms with van der Waals surface area (Å²) in [5, 5.41) is 0. The molecule has 0 fully saturated rings. The predicted octanol–water partition coefficient (Wildman–Crippen LogP) is 2.07. The quantitative estimate of drug-likeness (QED) is 0.814. The van der Waals surface area contributed by atoms with Crippen molar-refractivity contribution in [3.8, 4) is 0 Å². The summed E-state index contributed by atoms with van der Waals surface area (Å²) in [7, 11) is 1.78. The Morgan fingerprint density at radius 1 is 1.44 bits per heavy atom. The van der Waals surface area contributed by atoms with Crippen LogP contribution in [0.2, 0.25) is 0 Å². The molecule has 0 heterocycles. The lowest BCUT2D eigenvalue weighted by Gasteiger charge is -2.18. The maximum atomic E-state index is 12.1. The van der Waals surface area contributed by atoms with Crippen LogP contribution in [0.3, 0.4) is 0 Å². The van der Waals surface area contributed by atoms with Gasteiger partial charge in [0, 0.05) is 24.8 Å². The number of nitrogens with zero attached hydrogens (tertiary/aromatic N) is 1. The lowest BCUT2D eigenvalue weighted by molar-refractivity contribution is 0.0532. The fraction of sp³-hybridized carbons (Fsp3) is 0.500. The number of aryl methyl sites for hydroxylation is 1. The Balaban J connectivity index is 2.60. The molecule has 18 heavy (non-hydrogen) atoms. The number of benzene rings is 1. The van der Waals surface area contributed by atoms with Gasteiger partial charge in [-0.25, -0.2) is 0 Å². The largest absolute Gasteiger partial charge is 0.399 e. The van der Waals surface area contributed by atoms with Crippen LogP contribution in [0, 0.1) is 6.92 Å². The van der Waals surface area contributed by atoms with Crippen molar-refractivity contribution in [3.63, 3.8) is 0 Å². The molecule has 0 aliphatic rings. The number of rotatable bonds is 5. The number of ether oxygens (including phenoxy) is 1. The van der Waals surface area contributed by atoms with Gasteiger partial charge in [-0.05, 0) is 44.5 Å². The minimum absolute atomic E-state index is 0.00884. The molecule has 4 nitrogen and oxygen atoms in total. The summed E-state index contributed by atoms with van der Waals surface area (Å²) in [6.07, 6.45) is 0.187. The normalized spacial score (nSPS) is 10.7. The number of nitrogens with two attached hydrogens (primary N) is 1. The molecule has 1 rings (SSSR count). The Hall–Kier alpha value is -1.55. The second-order valence-electron chi connectivity index (χ2n) is 4.72. The number of nitrogen functional groups attached to an aromatic ring is 1. The van der Waals surface area contributed by atoms with Crippen LogP contribution in [0.4, 0.5) is 5.69 Å². The van der Waals surface area contributed by atoms with E-state index < -0.39 is 0 Å². The Morgan fingerprint density at radius 3 is 2.67 bits per heavy atom. The topological polar surface area (TPSA) is 55.6 Å². The molecule has 1 amide bonds. The lowest BCUT2D eigenvalue weighted by atomic mass is 10.1. The van der Waals surface area contributed by atoms with Gasteiger partial charge >= 0.3 is 0 Å². The molecule has 0 aliphatic carbocycles. The molecule has 0 saturated carbocycles. The molecule has 0 bridgehead atoms. The standard InChI is InChI=1S/C14H22N2O2/c1-10(2)18-8-7-16(4)14(17)12-5-6-13(15)11(3)9-12/h5-6,9-10H,7-8,15H2,1-4H3. The summed E-state index contributed by atoms with van der Waals surface area (Å²) in [6, 6.07) is 5.34. The van der Waals surface area contributed by atoms with Crippen molar-refractivity contribution in [2.45, 2.75) is 26.9 Å². The molecule has 1 aromatic rings. The average Bonchev–Trinajstić information content (AvgIpc) is 2.31. The number of hydrogen-bond acceptors (Lipinski definition) is 3. The Morgan fingerprint density at radius 2 is 2.11 bits per heavy atom. The Bertz CT molecular complexity index is 416. The molecule has 0 unspecified atom stereocenters. The van der Waals surface area contributed by atoms with Crippen LogP contribution in [-0.4, -0.2) is 37.1 Å². The van der Waals surface area contributed by atoms with E-state index in [1.54, 1.807) is 24.1 Å². The number of likely N-dealkylation sites (N-methyl/N-ethyl adjacent to an activating group) is 1. The highest BCUT2D eigenvalue weighted by Crippen LogP contribution is 2.13. The van der Waals surface area contributed by atoms with Crippen molar-refractivity contribution < 1.29 is 9.53 Å². The molecular formula is C14H22N2O2. The van der Waals surface area contributed by atoms with E-state index in [0.29, 0.717) is 24.4 Å². The minimum atomic E-state index is -0.00884. The van der Waals surface area contributed by atoms with Gasteiger partial charge in [0.05, 0.1) is 12.7 Å². The number of anilines is 1. The molecule has 0 radical (unpaired) electrons. The summed E-state index contributed by atoms with van der Waals surface area (Å²) in [5.74, 6) is -0.00884. The van der Waals surface area contributed by atoms with Crippen molar-refractivity contribution in [1.82, 2.24) is 4.90 Å². The van der Waals surface area contributed by atoms with E-state index in [1.165, 1.54) is 0 Å². The van der Waals surface area contributed by atoms with Crippen LogP contribution in [0.25, 0.3) is 0 Å². The van der Waals surface area contributed by atoms with Crippen LogP contribution >= 0.6 is 0 Å². The van der Waals surface area contributed by atoms with E-state index in [-0.39, 0.29) is 12.0 Å². The van der Waals surface area contributed by atoms with E-state index in [2.05, 4.69) is 0 Å². The summed E-state index contributed by atoms with van der Waals surface area (Å²) in [5.41, 5.74) is 8.02. The van der Waals surface area contributed by atoms with Gasteiger partial charge in [0.1, 0.15) is 0 Å². The van der Waals surface area contributed by atoms with Crippen LogP contribution in [0.5, 0.6) is 0 Å². The predicted molar refractivity (Wildman–Crippen MR) is 73.6 cm³/mol. The molecule has 0 saturated heterocycles. The first-order chi connectivity index (χ1) is 8.41. The van der Waals surface area contributed by atoms with Crippen LogP contribution < -0.4 is 5.73 Å². The highest BCUT2D eigenvalue weighted by molar-refractivity contribution is 5.94. The Kier molecular flexibility index (Phi) is 5.16. The molecule has 1 aromatic carbocycles. The molecule has 4 heteroatoms. The zero-order chi connectivity index (χ0) is 13.7. The van der Waals surface area contributed by atoms with Gasteiger partial charge in [0.2, 0.25) is 0 Å². The average molecular weight is 250 g/mol. The molecule has 100 valence electrons. The second kappa shape index (κ2) is 6.40. The van der Waals surface area contributed by atoms with Gasteiger partial charge in [0.25, 0.3) is 5.91 Å². The van der Waals surface area contributed by atoms with Gasteiger partial charge in [0.15, 0.2) is 0 Å². The second-order valence-corrected chi connectivity index (χ2v) is 4.72. The van der Waals surface area contributed by atoms with Gasteiger partial charge in [-0.3, -0.25) is 4.79 Å². The maximum absolute atomic E-state index is 12.1. The van der Waals surface area contributed by atoms with E-state index in [0.717, 1.165) is 5.56 Å². The molecular weight excluding hydrogens is 228 g/mol. The van der Waals surface area contributed by atoms with Gasteiger partial charge in [-0.2, -0.15) is 0 Å². The highest BCUT2D eigenvalue weighted by Gasteiger charge is 2.12. The fourth-order valence-corrected chi connectivity index (χ4v) is 1.56. The summed E-state index contributed by atoms with van der Waals surface area (Å²) in [6.45, 7) is 6.98. The van der Waals surface area contributed by atoms with Crippen molar-refractivity contribution >= 4 is 11.6 Å². The first-order valence-electron chi connectivity index (χ1n) is 6.15.